The minimum atomic E-state index is 0.683. The maximum absolute atomic E-state index is 5.28. The van der Waals surface area contributed by atoms with E-state index >= 15 is 0 Å². The van der Waals surface area contributed by atoms with Crippen LogP contribution in [0.25, 0.3) is 10.7 Å². The molecule has 0 aliphatic carbocycles. The van der Waals surface area contributed by atoms with Crippen LogP contribution in [-0.2, 0) is 6.42 Å². The molecule has 3 rings (SSSR count). The molecule has 3 heterocycles. The van der Waals surface area contributed by atoms with Gasteiger partial charge in [0.2, 0.25) is 11.7 Å². The van der Waals surface area contributed by atoms with Crippen LogP contribution in [0.4, 0.5) is 0 Å². The molecule has 0 atom stereocenters. The third-order valence-electron chi connectivity index (χ3n) is 2.63. The first kappa shape index (κ1) is 16.0. The molecule has 0 aromatic carbocycles. The van der Waals surface area contributed by atoms with Crippen molar-refractivity contribution in [3.63, 3.8) is 0 Å². The molecule has 0 amide bonds. The lowest BCUT2D eigenvalue weighted by molar-refractivity contribution is 0.378. The average molecular weight is 371 g/mol. The van der Waals surface area contributed by atoms with Crippen molar-refractivity contribution in [2.24, 2.45) is 0 Å². The first-order valence-electron chi connectivity index (χ1n) is 6.80. The zero-order chi connectivity index (χ0) is 15.2. The van der Waals surface area contributed by atoms with Gasteiger partial charge >= 0.3 is 0 Å². The van der Waals surface area contributed by atoms with Gasteiger partial charge in [-0.05, 0) is 23.6 Å². The van der Waals surface area contributed by atoms with Gasteiger partial charge in [-0.1, -0.05) is 53.0 Å². The lowest BCUT2D eigenvalue weighted by Gasteiger charge is -1.94. The number of hydrogen-bond donors (Lipinski definition) is 0. The van der Waals surface area contributed by atoms with Gasteiger partial charge in [-0.25, -0.2) is 0 Å². The molecular formula is C13H14N4OS4. The van der Waals surface area contributed by atoms with E-state index in [-0.39, 0.29) is 0 Å². The molecule has 0 aliphatic heterocycles. The second-order valence-electron chi connectivity index (χ2n) is 4.21. The van der Waals surface area contributed by atoms with Crippen LogP contribution in [0.2, 0.25) is 0 Å². The second-order valence-corrected chi connectivity index (χ2v) is 8.99. The highest BCUT2D eigenvalue weighted by Crippen LogP contribution is 2.29. The molecule has 0 saturated heterocycles. The summed E-state index contributed by atoms with van der Waals surface area (Å²) < 4.78 is 7.36. The zero-order valence-corrected chi connectivity index (χ0v) is 15.2. The van der Waals surface area contributed by atoms with Gasteiger partial charge in [-0.15, -0.1) is 21.5 Å². The highest BCUT2D eigenvalue weighted by molar-refractivity contribution is 8.03. The van der Waals surface area contributed by atoms with Crippen molar-refractivity contribution < 1.29 is 4.52 Å². The van der Waals surface area contributed by atoms with Crippen LogP contribution >= 0.6 is 46.2 Å². The van der Waals surface area contributed by atoms with Crippen molar-refractivity contribution in [2.45, 2.75) is 28.4 Å². The number of hydrogen-bond acceptors (Lipinski definition) is 9. The summed E-state index contributed by atoms with van der Waals surface area (Å²) in [4.78, 5) is 5.46. The van der Waals surface area contributed by atoms with Crippen LogP contribution in [0.5, 0.6) is 0 Å². The van der Waals surface area contributed by atoms with E-state index in [1.54, 1.807) is 46.2 Å². The number of thioether (sulfide) groups is 2. The Morgan fingerprint density at radius 2 is 2.09 bits per heavy atom. The summed E-state index contributed by atoms with van der Waals surface area (Å²) in [6.45, 7) is 2.12. The molecule has 116 valence electrons. The zero-order valence-electron chi connectivity index (χ0n) is 11.9. The summed E-state index contributed by atoms with van der Waals surface area (Å²) in [5.74, 6) is 3.39. The van der Waals surface area contributed by atoms with Crippen molar-refractivity contribution in [3.8, 4) is 10.7 Å². The lowest BCUT2D eigenvalue weighted by Crippen LogP contribution is -1.88. The highest BCUT2D eigenvalue weighted by atomic mass is 32.2. The second kappa shape index (κ2) is 8.09. The summed E-state index contributed by atoms with van der Waals surface area (Å²) in [5, 5.41) is 14.3. The quantitative estimate of drug-likeness (QED) is 0.427. The van der Waals surface area contributed by atoms with Gasteiger partial charge in [-0.2, -0.15) is 4.98 Å². The number of aromatic nitrogens is 4. The minimum absolute atomic E-state index is 0.683. The first-order valence-corrected chi connectivity index (χ1v) is 10.5. The third kappa shape index (κ3) is 4.31. The number of thiophene rings is 1. The average Bonchev–Trinajstić information content (AvgIpc) is 3.25. The molecule has 3 aromatic heterocycles. The Hall–Kier alpha value is -0.900. The van der Waals surface area contributed by atoms with Crippen LogP contribution in [0.1, 0.15) is 19.2 Å². The fourth-order valence-electron chi connectivity index (χ4n) is 1.68. The Morgan fingerprint density at radius 1 is 1.23 bits per heavy atom. The number of rotatable bonds is 8. The number of aryl methyl sites for hydroxylation is 1. The predicted molar refractivity (Wildman–Crippen MR) is 93.0 cm³/mol. The molecular weight excluding hydrogens is 356 g/mol. The van der Waals surface area contributed by atoms with Crippen molar-refractivity contribution in [2.75, 3.05) is 11.5 Å². The van der Waals surface area contributed by atoms with Gasteiger partial charge in [-0.3, -0.25) is 0 Å². The van der Waals surface area contributed by atoms with E-state index in [4.69, 9.17) is 4.52 Å². The summed E-state index contributed by atoms with van der Waals surface area (Å²) in [7, 11) is 0. The van der Waals surface area contributed by atoms with Gasteiger partial charge in [0.1, 0.15) is 0 Å². The van der Waals surface area contributed by atoms with Crippen molar-refractivity contribution in [1.29, 1.82) is 0 Å². The smallest absolute Gasteiger partial charge is 0.227 e. The first-order chi connectivity index (χ1) is 10.8. The molecule has 9 heteroatoms. The minimum Gasteiger partial charge on any atom is -0.339 e. The van der Waals surface area contributed by atoms with Crippen molar-refractivity contribution >= 4 is 46.2 Å². The SMILES string of the molecule is CCSc1nnc(SCCCc2nc(-c3cccs3)no2)s1. The Kier molecular flexibility index (Phi) is 5.88. The Labute approximate surface area is 144 Å². The molecule has 0 radical (unpaired) electrons. The molecule has 0 saturated carbocycles. The van der Waals surface area contributed by atoms with Crippen LogP contribution < -0.4 is 0 Å². The lowest BCUT2D eigenvalue weighted by atomic mass is 10.3. The normalized spacial score (nSPS) is 11.1. The molecule has 0 bridgehead atoms. The largest absolute Gasteiger partial charge is 0.339 e. The van der Waals surface area contributed by atoms with Gasteiger partial charge in [0, 0.05) is 12.2 Å². The van der Waals surface area contributed by atoms with E-state index in [9.17, 15) is 0 Å². The Bertz CT molecular complexity index is 695. The topological polar surface area (TPSA) is 64.7 Å². The maximum Gasteiger partial charge on any atom is 0.227 e. The predicted octanol–water partition coefficient (Wildman–Crippen LogP) is 4.49. The molecule has 0 N–H and O–H groups in total. The van der Waals surface area contributed by atoms with E-state index in [1.807, 2.05) is 17.5 Å². The van der Waals surface area contributed by atoms with Crippen LogP contribution in [0.3, 0.4) is 0 Å². The summed E-state index contributed by atoms with van der Waals surface area (Å²) in [6.07, 6.45) is 1.77. The van der Waals surface area contributed by atoms with Gasteiger partial charge in [0.05, 0.1) is 4.88 Å². The monoisotopic (exact) mass is 370 g/mol. The molecule has 0 unspecified atom stereocenters. The van der Waals surface area contributed by atoms with Crippen LogP contribution in [0.15, 0.2) is 30.7 Å². The van der Waals surface area contributed by atoms with Crippen molar-refractivity contribution in [3.05, 3.63) is 23.4 Å². The van der Waals surface area contributed by atoms with Crippen LogP contribution in [0, 0.1) is 0 Å². The van der Waals surface area contributed by atoms with Crippen LogP contribution in [-0.4, -0.2) is 31.8 Å². The summed E-state index contributed by atoms with van der Waals surface area (Å²) in [5.41, 5.74) is 0. The van der Waals surface area contributed by atoms with E-state index in [2.05, 4.69) is 27.3 Å². The van der Waals surface area contributed by atoms with Gasteiger partial charge in [0.15, 0.2) is 8.68 Å². The highest BCUT2D eigenvalue weighted by Gasteiger charge is 2.09. The van der Waals surface area contributed by atoms with Crippen molar-refractivity contribution in [1.82, 2.24) is 20.3 Å². The standard InChI is InChI=1S/C13H14N4OS4/c1-2-19-12-15-16-13(22-12)21-8-4-6-10-14-11(17-18-10)9-5-3-7-20-9/h3,5,7H,2,4,6,8H2,1H3. The Balaban J connectivity index is 1.43. The molecule has 3 aromatic rings. The fraction of sp³-hybridized carbons (Fsp3) is 0.385. The molecule has 0 aliphatic rings. The molecule has 0 spiro atoms. The van der Waals surface area contributed by atoms with E-state index < -0.39 is 0 Å². The summed E-state index contributed by atoms with van der Waals surface area (Å²) >= 11 is 6.74. The van der Waals surface area contributed by atoms with Gasteiger partial charge in [0.25, 0.3) is 0 Å². The molecule has 22 heavy (non-hydrogen) atoms. The van der Waals surface area contributed by atoms with E-state index in [0.29, 0.717) is 11.7 Å². The maximum atomic E-state index is 5.28. The molecule has 5 nitrogen and oxygen atoms in total. The van der Waals surface area contributed by atoms with Gasteiger partial charge < -0.3 is 4.52 Å². The number of nitrogens with zero attached hydrogens (tertiary/aromatic N) is 4. The fourth-order valence-corrected chi connectivity index (χ4v) is 5.26. The summed E-state index contributed by atoms with van der Waals surface area (Å²) in [6, 6.07) is 3.98. The molecule has 0 fully saturated rings. The van der Waals surface area contributed by atoms with E-state index in [0.717, 1.165) is 37.9 Å². The third-order valence-corrected chi connectivity index (χ3v) is 6.65. The van der Waals surface area contributed by atoms with E-state index in [1.165, 1.54) is 0 Å². The Morgan fingerprint density at radius 3 is 2.86 bits per heavy atom.